The Kier molecular flexibility index (Phi) is 5.69. The van der Waals surface area contributed by atoms with E-state index in [1.165, 1.54) is 6.07 Å². The van der Waals surface area contributed by atoms with Crippen molar-refractivity contribution in [1.82, 2.24) is 4.90 Å². The number of anilines is 1. The van der Waals surface area contributed by atoms with E-state index in [1.807, 2.05) is 42.5 Å². The number of amides is 1. The fourth-order valence-corrected chi connectivity index (χ4v) is 4.00. The molecule has 0 aromatic heterocycles. The van der Waals surface area contributed by atoms with E-state index in [2.05, 4.69) is 17.4 Å². The highest BCUT2D eigenvalue weighted by molar-refractivity contribution is 5.97. The minimum atomic E-state index is -0.660. The summed E-state index contributed by atoms with van der Waals surface area (Å²) in [5, 5.41) is 2.90. The third kappa shape index (κ3) is 4.53. The second-order valence-electron chi connectivity index (χ2n) is 8.29. The van der Waals surface area contributed by atoms with Crippen molar-refractivity contribution in [3.8, 4) is 22.6 Å². The summed E-state index contributed by atoms with van der Waals surface area (Å²) in [5.74, 6) is 0.0139. The van der Waals surface area contributed by atoms with Crippen molar-refractivity contribution >= 4 is 17.4 Å². The molecule has 1 amide bonds. The van der Waals surface area contributed by atoms with Crippen LogP contribution in [0.4, 0.5) is 10.1 Å². The Morgan fingerprint density at radius 1 is 1.06 bits per heavy atom. The van der Waals surface area contributed by atoms with Crippen molar-refractivity contribution in [3.05, 3.63) is 78.1 Å². The molecule has 0 unspecified atom stereocenters. The Morgan fingerprint density at radius 2 is 1.85 bits per heavy atom. The first-order chi connectivity index (χ1) is 16.1. The molecule has 1 saturated heterocycles. The third-order valence-corrected chi connectivity index (χ3v) is 5.84. The summed E-state index contributed by atoms with van der Waals surface area (Å²) in [6, 6.07) is 20.6. The summed E-state index contributed by atoms with van der Waals surface area (Å²) in [5.41, 5.74) is 2.62. The van der Waals surface area contributed by atoms with Gasteiger partial charge in [0.25, 0.3) is 5.91 Å². The number of ether oxygens (including phenoxy) is 2. The van der Waals surface area contributed by atoms with E-state index < -0.39 is 5.82 Å². The molecule has 1 N–H and O–H groups in total. The number of hydrogen-bond donors (Lipinski definition) is 1. The first kappa shape index (κ1) is 21.0. The number of ketones is 1. The van der Waals surface area contributed by atoms with Crippen molar-refractivity contribution in [2.75, 3.05) is 38.2 Å². The van der Waals surface area contributed by atoms with Gasteiger partial charge in [0, 0.05) is 25.1 Å². The molecule has 5 rings (SSSR count). The van der Waals surface area contributed by atoms with E-state index in [-0.39, 0.29) is 42.1 Å². The Hall–Kier alpha value is -3.87. The van der Waals surface area contributed by atoms with E-state index in [0.717, 1.165) is 22.9 Å². The molecule has 33 heavy (non-hydrogen) atoms. The number of likely N-dealkylation sites (tertiary alicyclic amines) is 1. The van der Waals surface area contributed by atoms with Crippen molar-refractivity contribution in [3.63, 3.8) is 0 Å². The van der Waals surface area contributed by atoms with E-state index in [4.69, 9.17) is 9.47 Å². The van der Waals surface area contributed by atoms with Crippen LogP contribution < -0.4 is 14.8 Å². The molecule has 2 aliphatic heterocycles. The van der Waals surface area contributed by atoms with Gasteiger partial charge in [-0.05, 0) is 29.3 Å². The van der Waals surface area contributed by atoms with Crippen LogP contribution in [-0.4, -0.2) is 49.4 Å². The molecule has 7 heteroatoms. The Labute approximate surface area is 190 Å². The molecule has 168 valence electrons. The fraction of sp³-hybridized carbons (Fsp3) is 0.231. The molecule has 6 nitrogen and oxygen atoms in total. The summed E-state index contributed by atoms with van der Waals surface area (Å²) in [6.45, 7) is 1.44. The molecule has 2 heterocycles. The molecule has 1 fully saturated rings. The predicted octanol–water partition coefficient (Wildman–Crippen LogP) is 4.02. The number of benzene rings is 3. The fourth-order valence-electron chi connectivity index (χ4n) is 4.00. The topological polar surface area (TPSA) is 67.9 Å². The number of nitrogens with zero attached hydrogens (tertiary/aromatic N) is 1. The van der Waals surface area contributed by atoms with Crippen molar-refractivity contribution in [2.45, 2.75) is 0 Å². The molecule has 2 aliphatic rings. The van der Waals surface area contributed by atoms with Gasteiger partial charge in [0.2, 0.25) is 0 Å². The van der Waals surface area contributed by atoms with Crippen molar-refractivity contribution in [1.29, 1.82) is 0 Å². The summed E-state index contributed by atoms with van der Waals surface area (Å²) in [7, 11) is 0. The lowest BCUT2D eigenvalue weighted by Gasteiger charge is -2.39. The number of fused-ring (bicyclic) bond motifs is 1. The minimum Gasteiger partial charge on any atom is -0.493 e. The molecular weight excluding hydrogens is 423 g/mol. The lowest BCUT2D eigenvalue weighted by atomic mass is 9.99. The number of rotatable bonds is 5. The van der Waals surface area contributed by atoms with Crippen LogP contribution in [0.3, 0.4) is 0 Å². The van der Waals surface area contributed by atoms with Crippen LogP contribution in [0.25, 0.3) is 11.1 Å². The predicted molar refractivity (Wildman–Crippen MR) is 122 cm³/mol. The highest BCUT2D eigenvalue weighted by Crippen LogP contribution is 2.31. The van der Waals surface area contributed by atoms with Crippen LogP contribution in [0, 0.1) is 11.7 Å². The van der Waals surface area contributed by atoms with Gasteiger partial charge in [-0.25, -0.2) is 4.39 Å². The number of hydrogen-bond acceptors (Lipinski definition) is 5. The second kappa shape index (κ2) is 8.94. The maximum Gasteiger partial charge on any atom is 0.256 e. The van der Waals surface area contributed by atoms with Gasteiger partial charge in [-0.3, -0.25) is 9.59 Å². The Balaban J connectivity index is 1.18. The molecule has 0 bridgehead atoms. The van der Waals surface area contributed by atoms with Crippen LogP contribution >= 0.6 is 0 Å². The lowest BCUT2D eigenvalue weighted by molar-refractivity contribution is -0.119. The van der Waals surface area contributed by atoms with Gasteiger partial charge in [-0.15, -0.1) is 0 Å². The average molecular weight is 446 g/mol. The van der Waals surface area contributed by atoms with Crippen molar-refractivity contribution in [2.24, 2.45) is 5.92 Å². The molecule has 0 saturated carbocycles. The standard InChI is InChI=1S/C26H23FN2O4/c27-23-11-25-24(28-12-20(30)16-33-25)10-22(23)26(31)29-13-17(14-29)15-32-21-8-4-7-19(9-21)18-5-2-1-3-6-18/h1-11,17,28H,12-16H2. The highest BCUT2D eigenvalue weighted by atomic mass is 19.1. The summed E-state index contributed by atoms with van der Waals surface area (Å²) >= 11 is 0. The first-order valence-electron chi connectivity index (χ1n) is 10.9. The largest absolute Gasteiger partial charge is 0.493 e. The molecule has 3 aromatic carbocycles. The molecule has 0 atom stereocenters. The summed E-state index contributed by atoms with van der Waals surface area (Å²) in [6.07, 6.45) is 0. The van der Waals surface area contributed by atoms with Crippen molar-refractivity contribution < 1.29 is 23.5 Å². The van der Waals surface area contributed by atoms with Crippen LogP contribution in [0.2, 0.25) is 0 Å². The Bertz CT molecular complexity index is 1190. The number of nitrogens with one attached hydrogen (secondary N) is 1. The molecule has 0 aliphatic carbocycles. The zero-order chi connectivity index (χ0) is 22.8. The van der Waals surface area contributed by atoms with Gasteiger partial charge in [0.05, 0.1) is 24.4 Å². The quantitative estimate of drug-likeness (QED) is 0.641. The maximum absolute atomic E-state index is 14.6. The summed E-state index contributed by atoms with van der Waals surface area (Å²) < 4.78 is 25.8. The van der Waals surface area contributed by atoms with Crippen LogP contribution in [0.1, 0.15) is 10.4 Å². The second-order valence-corrected chi connectivity index (χ2v) is 8.29. The number of carbonyl (C=O) groups excluding carboxylic acids is 2. The molecule has 0 radical (unpaired) electrons. The Morgan fingerprint density at radius 3 is 2.67 bits per heavy atom. The van der Waals surface area contributed by atoms with Crippen LogP contribution in [0.15, 0.2) is 66.7 Å². The average Bonchev–Trinajstić information content (AvgIpc) is 2.99. The number of Topliss-reactive ketones (excluding diaryl/α,β-unsaturated/α-hetero) is 1. The maximum atomic E-state index is 14.6. The number of carbonyl (C=O) groups is 2. The molecular formula is C26H23FN2O4. The minimum absolute atomic E-state index is 0.0332. The smallest absolute Gasteiger partial charge is 0.256 e. The molecule has 0 spiro atoms. The lowest BCUT2D eigenvalue weighted by Crippen LogP contribution is -2.52. The number of halogens is 1. The zero-order valence-electron chi connectivity index (χ0n) is 17.9. The SMILES string of the molecule is O=C1CNc2cc(C(=O)N3CC(COc4cccc(-c5ccccc5)c4)C3)c(F)cc2OC1. The van der Waals surface area contributed by atoms with Gasteiger partial charge < -0.3 is 19.7 Å². The highest BCUT2D eigenvalue weighted by Gasteiger charge is 2.33. The monoisotopic (exact) mass is 446 g/mol. The van der Waals surface area contributed by atoms with Gasteiger partial charge in [-0.2, -0.15) is 0 Å². The summed E-state index contributed by atoms with van der Waals surface area (Å²) in [4.78, 5) is 26.0. The molecule has 3 aromatic rings. The van der Waals surface area contributed by atoms with Gasteiger partial charge in [-0.1, -0.05) is 42.5 Å². The van der Waals surface area contributed by atoms with Gasteiger partial charge in [0.1, 0.15) is 23.9 Å². The van der Waals surface area contributed by atoms with E-state index in [9.17, 15) is 14.0 Å². The van der Waals surface area contributed by atoms with E-state index >= 15 is 0 Å². The van der Waals surface area contributed by atoms with Crippen LogP contribution in [-0.2, 0) is 4.79 Å². The van der Waals surface area contributed by atoms with E-state index in [1.54, 1.807) is 4.90 Å². The zero-order valence-corrected chi connectivity index (χ0v) is 17.9. The third-order valence-electron chi connectivity index (χ3n) is 5.84. The van der Waals surface area contributed by atoms with E-state index in [0.29, 0.717) is 25.4 Å². The normalized spacial score (nSPS) is 15.5. The van der Waals surface area contributed by atoms with Crippen LogP contribution in [0.5, 0.6) is 11.5 Å². The van der Waals surface area contributed by atoms with Gasteiger partial charge in [0.15, 0.2) is 5.78 Å². The first-order valence-corrected chi connectivity index (χ1v) is 10.9. The van der Waals surface area contributed by atoms with Gasteiger partial charge >= 0.3 is 0 Å².